The van der Waals surface area contributed by atoms with E-state index in [4.69, 9.17) is 0 Å². The molecular weight excluding hydrogens is 530 g/mol. The van der Waals surface area contributed by atoms with Crippen LogP contribution in [0.5, 0.6) is 0 Å². The molecular formula is C30H25N3O4S2. The van der Waals surface area contributed by atoms with Gasteiger partial charge in [-0.1, -0.05) is 88.8 Å². The van der Waals surface area contributed by atoms with Gasteiger partial charge in [-0.2, -0.15) is 0 Å². The van der Waals surface area contributed by atoms with Crippen molar-refractivity contribution in [3.05, 3.63) is 110 Å². The van der Waals surface area contributed by atoms with Crippen molar-refractivity contribution in [3.63, 3.8) is 0 Å². The van der Waals surface area contributed by atoms with Crippen LogP contribution >= 0.6 is 23.1 Å². The van der Waals surface area contributed by atoms with E-state index in [1.54, 1.807) is 12.1 Å². The number of nitrogens with one attached hydrogen (secondary N) is 1. The number of nitrogens with zero attached hydrogens (tertiary/aromatic N) is 2. The molecule has 2 aliphatic rings. The van der Waals surface area contributed by atoms with Crippen molar-refractivity contribution in [2.75, 3.05) is 10.2 Å². The van der Waals surface area contributed by atoms with Crippen LogP contribution < -0.4 is 15.1 Å². The molecule has 3 aromatic carbocycles. The Morgan fingerprint density at radius 3 is 2.15 bits per heavy atom. The number of benzene rings is 3. The number of hydrogen-bond donors (Lipinski definition) is 1. The van der Waals surface area contributed by atoms with Gasteiger partial charge in [0.15, 0.2) is 0 Å². The number of aryl methyl sites for hydroxylation is 2. The molecule has 1 aromatic heterocycles. The van der Waals surface area contributed by atoms with E-state index in [0.29, 0.717) is 21.3 Å². The number of anilines is 2. The summed E-state index contributed by atoms with van der Waals surface area (Å²) in [5.41, 5.74) is 4.14. The number of hydrogen-bond acceptors (Lipinski definition) is 6. The van der Waals surface area contributed by atoms with E-state index in [-0.39, 0.29) is 29.1 Å². The summed E-state index contributed by atoms with van der Waals surface area (Å²) in [4.78, 5) is 55.5. The zero-order valence-electron chi connectivity index (χ0n) is 21.3. The van der Waals surface area contributed by atoms with E-state index in [9.17, 15) is 19.2 Å². The topological polar surface area (TPSA) is 88.5 Å². The van der Waals surface area contributed by atoms with Gasteiger partial charge < -0.3 is 5.32 Å². The van der Waals surface area contributed by atoms with E-state index in [2.05, 4.69) is 5.32 Å². The average molecular weight is 556 g/mol. The van der Waals surface area contributed by atoms with Gasteiger partial charge >= 0.3 is 4.87 Å². The van der Waals surface area contributed by atoms with Gasteiger partial charge in [-0.3, -0.25) is 23.7 Å². The third-order valence-corrected chi connectivity index (χ3v) is 9.74. The third kappa shape index (κ3) is 4.51. The molecule has 0 saturated carbocycles. The first-order valence-electron chi connectivity index (χ1n) is 12.6. The Morgan fingerprint density at radius 2 is 1.49 bits per heavy atom. The largest absolute Gasteiger partial charge is 0.325 e. The number of rotatable bonds is 5. The number of carbonyl (C=O) groups is 3. The molecule has 1 saturated heterocycles. The molecule has 1 N–H and O–H groups in total. The second-order valence-corrected chi connectivity index (χ2v) is 12.0. The van der Waals surface area contributed by atoms with Crippen LogP contribution in [0.3, 0.4) is 0 Å². The van der Waals surface area contributed by atoms with Gasteiger partial charge in [0, 0.05) is 16.5 Å². The molecule has 196 valence electrons. The maximum Gasteiger partial charge on any atom is 0.308 e. The van der Waals surface area contributed by atoms with Crippen LogP contribution in [0.25, 0.3) is 0 Å². The van der Waals surface area contributed by atoms with Gasteiger partial charge in [0.1, 0.15) is 11.8 Å². The molecule has 0 spiro atoms. The fraction of sp³-hybridized carbons (Fsp3) is 0.200. The van der Waals surface area contributed by atoms with Crippen LogP contribution in [0.2, 0.25) is 0 Å². The van der Waals surface area contributed by atoms with Crippen molar-refractivity contribution in [2.24, 2.45) is 5.92 Å². The number of thioether (sulfide) groups is 1. The van der Waals surface area contributed by atoms with Crippen molar-refractivity contribution in [1.82, 2.24) is 4.57 Å². The minimum atomic E-state index is -0.711. The normalized spacial score (nSPS) is 20.1. The summed E-state index contributed by atoms with van der Waals surface area (Å²) < 4.78 is 1.44. The Kier molecular flexibility index (Phi) is 6.48. The van der Waals surface area contributed by atoms with E-state index < -0.39 is 17.1 Å². The first-order chi connectivity index (χ1) is 18.8. The second-order valence-electron chi connectivity index (χ2n) is 9.84. The van der Waals surface area contributed by atoms with Gasteiger partial charge in [-0.05, 0) is 43.7 Å². The number of amides is 3. The van der Waals surface area contributed by atoms with Crippen molar-refractivity contribution in [2.45, 2.75) is 36.6 Å². The molecule has 9 heteroatoms. The summed E-state index contributed by atoms with van der Waals surface area (Å²) in [5, 5.41) is 2.71. The first kappa shape index (κ1) is 25.3. The molecule has 4 aromatic rings. The fourth-order valence-corrected chi connectivity index (χ4v) is 7.98. The zero-order chi connectivity index (χ0) is 27.3. The first-order valence-corrected chi connectivity index (χ1v) is 14.3. The Labute approximate surface area is 233 Å². The Hall–Kier alpha value is -3.95. The number of aromatic nitrogens is 1. The quantitative estimate of drug-likeness (QED) is 0.352. The third-order valence-electron chi connectivity index (χ3n) is 7.14. The number of carbonyl (C=O) groups excluding carboxylic acids is 3. The van der Waals surface area contributed by atoms with Crippen LogP contribution in [0, 0.1) is 19.8 Å². The molecule has 1 fully saturated rings. The van der Waals surface area contributed by atoms with Crippen molar-refractivity contribution >= 4 is 52.2 Å². The lowest BCUT2D eigenvalue weighted by Crippen LogP contribution is -2.33. The molecule has 7 nitrogen and oxygen atoms in total. The molecule has 39 heavy (non-hydrogen) atoms. The molecule has 6 rings (SSSR count). The van der Waals surface area contributed by atoms with Gasteiger partial charge in [-0.15, -0.1) is 0 Å². The highest BCUT2D eigenvalue weighted by molar-refractivity contribution is 8.00. The van der Waals surface area contributed by atoms with Crippen LogP contribution in [0.15, 0.2) is 88.7 Å². The maximum atomic E-state index is 13.9. The molecule has 3 heterocycles. The van der Waals surface area contributed by atoms with Crippen molar-refractivity contribution in [3.8, 4) is 0 Å². The summed E-state index contributed by atoms with van der Waals surface area (Å²) in [6.45, 7) is 3.73. The van der Waals surface area contributed by atoms with Crippen LogP contribution in [-0.2, 0) is 20.9 Å². The number of fused-ring (bicyclic) bond motifs is 2. The van der Waals surface area contributed by atoms with Gasteiger partial charge in [-0.25, -0.2) is 4.90 Å². The molecule has 0 radical (unpaired) electrons. The Morgan fingerprint density at radius 1 is 0.846 bits per heavy atom. The standard InChI is InChI=1S/C30H25N3O4S2/c1-17-8-12-20(13-9-17)31-22(34)16-32-29-26(39-30(32)37)23(19-6-4-3-5-7-19)24-25(38-29)28(36)33(27(24)35)21-14-10-18(2)11-15-21/h3-15,23-25H,16H2,1-2H3,(H,31,34)/t23-,24?,25?/m0/s1. The highest BCUT2D eigenvalue weighted by Crippen LogP contribution is 2.53. The summed E-state index contributed by atoms with van der Waals surface area (Å²) >= 11 is 2.26. The molecule has 0 bridgehead atoms. The highest BCUT2D eigenvalue weighted by atomic mass is 32.2. The number of imide groups is 1. The minimum Gasteiger partial charge on any atom is -0.325 e. The monoisotopic (exact) mass is 555 g/mol. The molecule has 3 atom stereocenters. The van der Waals surface area contributed by atoms with Crippen LogP contribution in [0.1, 0.15) is 27.5 Å². The summed E-state index contributed by atoms with van der Waals surface area (Å²) in [6, 6.07) is 24.3. The van der Waals surface area contributed by atoms with E-state index in [1.165, 1.54) is 21.2 Å². The van der Waals surface area contributed by atoms with Crippen LogP contribution in [0.4, 0.5) is 11.4 Å². The zero-order valence-corrected chi connectivity index (χ0v) is 22.9. The molecule has 2 aliphatic heterocycles. The van der Waals surface area contributed by atoms with E-state index in [1.807, 2.05) is 80.6 Å². The lowest BCUT2D eigenvalue weighted by Gasteiger charge is -2.30. The highest BCUT2D eigenvalue weighted by Gasteiger charge is 2.56. The Balaban J connectivity index is 1.39. The predicted molar refractivity (Wildman–Crippen MR) is 153 cm³/mol. The number of thiazole rings is 1. The second kappa shape index (κ2) is 9.98. The maximum absolute atomic E-state index is 13.9. The SMILES string of the molecule is Cc1ccc(NC(=O)Cn2c3c(sc2=O)[C@@H](c2ccccc2)C2C(=O)N(c4ccc(C)cc4)C(=O)C2S3)cc1. The van der Waals surface area contributed by atoms with Crippen molar-refractivity contribution in [1.29, 1.82) is 0 Å². The smallest absolute Gasteiger partial charge is 0.308 e. The fourth-order valence-electron chi connectivity index (χ4n) is 5.20. The lowest BCUT2D eigenvalue weighted by molar-refractivity contribution is -0.122. The molecule has 0 aliphatic carbocycles. The van der Waals surface area contributed by atoms with Gasteiger partial charge in [0.2, 0.25) is 17.7 Å². The summed E-state index contributed by atoms with van der Waals surface area (Å²) in [5.74, 6) is -2.05. The summed E-state index contributed by atoms with van der Waals surface area (Å²) in [6.07, 6.45) is 0. The predicted octanol–water partition coefficient (Wildman–Crippen LogP) is 4.96. The minimum absolute atomic E-state index is 0.186. The van der Waals surface area contributed by atoms with E-state index in [0.717, 1.165) is 28.0 Å². The molecule has 2 unspecified atom stereocenters. The lowest BCUT2D eigenvalue weighted by atomic mass is 9.83. The van der Waals surface area contributed by atoms with Gasteiger partial charge in [0.05, 0.1) is 16.6 Å². The molecule has 3 amide bonds. The van der Waals surface area contributed by atoms with Crippen LogP contribution in [-0.4, -0.2) is 27.5 Å². The van der Waals surface area contributed by atoms with E-state index >= 15 is 0 Å². The average Bonchev–Trinajstić information content (AvgIpc) is 3.37. The summed E-state index contributed by atoms with van der Waals surface area (Å²) in [7, 11) is 0. The van der Waals surface area contributed by atoms with Crippen molar-refractivity contribution < 1.29 is 14.4 Å². The Bertz CT molecular complexity index is 1640. The van der Waals surface area contributed by atoms with Gasteiger partial charge in [0.25, 0.3) is 0 Å².